The smallest absolute Gasteiger partial charge is 0.339 e. The van der Waals surface area contributed by atoms with Crippen molar-refractivity contribution in [2.45, 2.75) is 18.8 Å². The summed E-state index contributed by atoms with van der Waals surface area (Å²) < 4.78 is 6.46. The summed E-state index contributed by atoms with van der Waals surface area (Å²) in [5.74, 6) is 0.0882. The van der Waals surface area contributed by atoms with Crippen LogP contribution in [0.15, 0.2) is 29.3 Å². The van der Waals surface area contributed by atoms with Gasteiger partial charge in [-0.05, 0) is 36.5 Å². The van der Waals surface area contributed by atoms with Crippen LogP contribution in [0.25, 0.3) is 16.7 Å². The molecule has 106 valence electrons. The van der Waals surface area contributed by atoms with Crippen molar-refractivity contribution in [2.75, 3.05) is 7.11 Å². The van der Waals surface area contributed by atoms with Gasteiger partial charge in [0.25, 0.3) is 5.56 Å². The second kappa shape index (κ2) is 4.18. The molecule has 1 fully saturated rings. The van der Waals surface area contributed by atoms with Gasteiger partial charge < -0.3 is 9.72 Å². The average Bonchev–Trinajstić information content (AvgIpc) is 3.24. The second-order valence-electron chi connectivity index (χ2n) is 5.34. The van der Waals surface area contributed by atoms with Gasteiger partial charge >= 0.3 is 5.97 Å². The number of esters is 1. The first kappa shape index (κ1) is 12.1. The number of nitrogens with one attached hydrogen (secondary N) is 1. The second-order valence-corrected chi connectivity index (χ2v) is 5.34. The Morgan fingerprint density at radius 2 is 2.24 bits per heavy atom. The highest BCUT2D eigenvalue weighted by molar-refractivity contribution is 5.92. The number of nitrogens with zero attached hydrogens (tertiary/aromatic N) is 2. The molecule has 0 bridgehead atoms. The number of carbonyl (C=O) groups excluding carboxylic acids is 1. The zero-order valence-electron chi connectivity index (χ0n) is 11.4. The third kappa shape index (κ3) is 1.83. The van der Waals surface area contributed by atoms with Crippen LogP contribution in [0.3, 0.4) is 0 Å². The first-order valence-electron chi connectivity index (χ1n) is 6.80. The largest absolute Gasteiger partial charge is 0.465 e. The quantitative estimate of drug-likeness (QED) is 0.728. The fraction of sp³-hybridized carbons (Fsp3) is 0.267. The fourth-order valence-electron chi connectivity index (χ4n) is 2.63. The van der Waals surface area contributed by atoms with Gasteiger partial charge in [0.15, 0.2) is 5.65 Å². The van der Waals surface area contributed by atoms with E-state index in [1.807, 2.05) is 12.3 Å². The van der Waals surface area contributed by atoms with Crippen LogP contribution in [-0.2, 0) is 4.74 Å². The molecule has 0 saturated heterocycles. The molecular weight excluding hydrogens is 270 g/mol. The number of aromatic nitrogens is 3. The van der Waals surface area contributed by atoms with Crippen molar-refractivity contribution in [1.82, 2.24) is 14.4 Å². The minimum absolute atomic E-state index is 0.182. The van der Waals surface area contributed by atoms with Gasteiger partial charge in [0.05, 0.1) is 18.2 Å². The lowest BCUT2D eigenvalue weighted by molar-refractivity contribution is 0.0600. The summed E-state index contributed by atoms with van der Waals surface area (Å²) in [6, 6.07) is 3.51. The van der Waals surface area contributed by atoms with E-state index in [0.717, 1.165) is 0 Å². The summed E-state index contributed by atoms with van der Waals surface area (Å²) in [5, 5.41) is 0. The number of hydrogen-bond donors (Lipinski definition) is 1. The molecule has 0 spiro atoms. The molecule has 1 aliphatic carbocycles. The molecule has 6 heteroatoms. The number of H-pyrrole nitrogens is 1. The Bertz CT molecular complexity index is 934. The number of ether oxygens (including phenoxy) is 1. The normalized spacial score (nSPS) is 14.7. The Hall–Kier alpha value is -2.63. The van der Waals surface area contributed by atoms with Crippen molar-refractivity contribution in [3.63, 3.8) is 0 Å². The zero-order valence-corrected chi connectivity index (χ0v) is 11.4. The molecule has 0 aromatic carbocycles. The van der Waals surface area contributed by atoms with E-state index in [4.69, 9.17) is 0 Å². The number of carbonyl (C=O) groups is 1. The van der Waals surface area contributed by atoms with E-state index in [2.05, 4.69) is 14.7 Å². The van der Waals surface area contributed by atoms with Crippen LogP contribution in [0.5, 0.6) is 0 Å². The third-order valence-corrected chi connectivity index (χ3v) is 3.89. The van der Waals surface area contributed by atoms with Gasteiger partial charge in [0.2, 0.25) is 0 Å². The number of fused-ring (bicyclic) bond motifs is 3. The standard InChI is InChI=1S/C15H13N3O3/c1-21-15(20)9-4-11-13(16-6-9)18-7-10(8-2-3-8)5-12(18)14(19)17-11/h4-8H,2-3H2,1H3,(H,17,19). The van der Waals surface area contributed by atoms with Gasteiger partial charge in [0, 0.05) is 12.4 Å². The predicted molar refractivity (Wildman–Crippen MR) is 76.6 cm³/mol. The van der Waals surface area contributed by atoms with E-state index in [-0.39, 0.29) is 5.56 Å². The number of methoxy groups -OCH3 is 1. The minimum Gasteiger partial charge on any atom is -0.465 e. The van der Waals surface area contributed by atoms with Crippen molar-refractivity contribution < 1.29 is 9.53 Å². The molecule has 0 radical (unpaired) electrons. The van der Waals surface area contributed by atoms with E-state index >= 15 is 0 Å². The zero-order chi connectivity index (χ0) is 14.6. The average molecular weight is 283 g/mol. The topological polar surface area (TPSA) is 76.5 Å². The van der Waals surface area contributed by atoms with Gasteiger partial charge in [-0.1, -0.05) is 0 Å². The highest BCUT2D eigenvalue weighted by Gasteiger charge is 2.25. The Labute approximate surface area is 119 Å². The van der Waals surface area contributed by atoms with E-state index in [1.165, 1.54) is 31.7 Å². The van der Waals surface area contributed by atoms with Crippen molar-refractivity contribution in [3.8, 4) is 0 Å². The van der Waals surface area contributed by atoms with Crippen LogP contribution in [0, 0.1) is 0 Å². The summed E-state index contributed by atoms with van der Waals surface area (Å²) in [6.45, 7) is 0. The summed E-state index contributed by atoms with van der Waals surface area (Å²) in [6.07, 6.45) is 5.78. The van der Waals surface area contributed by atoms with Gasteiger partial charge in [-0.25, -0.2) is 9.78 Å². The van der Waals surface area contributed by atoms with E-state index in [9.17, 15) is 9.59 Å². The first-order chi connectivity index (χ1) is 10.2. The van der Waals surface area contributed by atoms with Crippen molar-refractivity contribution in [2.24, 2.45) is 0 Å². The molecule has 3 heterocycles. The maximum atomic E-state index is 12.2. The Morgan fingerprint density at radius 1 is 1.43 bits per heavy atom. The minimum atomic E-state index is -0.475. The predicted octanol–water partition coefficient (Wildman–Crippen LogP) is 1.84. The summed E-state index contributed by atoms with van der Waals surface area (Å²) in [5.41, 5.74) is 3.04. The van der Waals surface area contributed by atoms with Crippen LogP contribution >= 0.6 is 0 Å². The SMILES string of the molecule is COC(=O)c1cnc2c(c1)[nH]c(=O)c1cc(C3CC3)cn12. The molecule has 1 N–H and O–H groups in total. The van der Waals surface area contributed by atoms with E-state index in [0.29, 0.717) is 28.2 Å². The summed E-state index contributed by atoms with van der Waals surface area (Å²) in [4.78, 5) is 30.8. The van der Waals surface area contributed by atoms with Gasteiger partial charge in [-0.15, -0.1) is 0 Å². The van der Waals surface area contributed by atoms with Crippen LogP contribution in [0.2, 0.25) is 0 Å². The van der Waals surface area contributed by atoms with Crippen molar-refractivity contribution in [1.29, 1.82) is 0 Å². The van der Waals surface area contributed by atoms with E-state index < -0.39 is 5.97 Å². The molecule has 3 aromatic rings. The molecule has 6 nitrogen and oxygen atoms in total. The molecule has 1 saturated carbocycles. The lowest BCUT2D eigenvalue weighted by Crippen LogP contribution is -2.11. The number of rotatable bonds is 2. The number of aromatic amines is 1. The lowest BCUT2D eigenvalue weighted by atomic mass is 10.2. The Kier molecular flexibility index (Phi) is 2.42. The molecule has 21 heavy (non-hydrogen) atoms. The molecule has 0 unspecified atom stereocenters. The monoisotopic (exact) mass is 283 g/mol. The van der Waals surface area contributed by atoms with Gasteiger partial charge in [0.1, 0.15) is 5.52 Å². The molecule has 3 aromatic heterocycles. The number of pyridine rings is 1. The van der Waals surface area contributed by atoms with Gasteiger partial charge in [-0.3, -0.25) is 9.20 Å². The fourth-order valence-corrected chi connectivity index (χ4v) is 2.63. The van der Waals surface area contributed by atoms with Crippen molar-refractivity contribution >= 4 is 22.6 Å². The van der Waals surface area contributed by atoms with Gasteiger partial charge in [-0.2, -0.15) is 0 Å². The Morgan fingerprint density at radius 3 is 2.95 bits per heavy atom. The molecule has 0 amide bonds. The highest BCUT2D eigenvalue weighted by Crippen LogP contribution is 2.40. The highest BCUT2D eigenvalue weighted by atomic mass is 16.5. The summed E-state index contributed by atoms with van der Waals surface area (Å²) >= 11 is 0. The molecule has 1 aliphatic rings. The van der Waals surface area contributed by atoms with Crippen molar-refractivity contribution in [3.05, 3.63) is 46.0 Å². The summed E-state index contributed by atoms with van der Waals surface area (Å²) in [7, 11) is 1.31. The van der Waals surface area contributed by atoms with Crippen LogP contribution in [-0.4, -0.2) is 27.4 Å². The number of hydrogen-bond acceptors (Lipinski definition) is 4. The van der Waals surface area contributed by atoms with Crippen LogP contribution in [0.1, 0.15) is 34.7 Å². The van der Waals surface area contributed by atoms with Crippen LogP contribution < -0.4 is 5.56 Å². The van der Waals surface area contributed by atoms with E-state index in [1.54, 1.807) is 10.5 Å². The maximum absolute atomic E-state index is 12.2. The maximum Gasteiger partial charge on any atom is 0.339 e. The molecule has 4 rings (SSSR count). The Balaban J connectivity index is 2.00. The first-order valence-corrected chi connectivity index (χ1v) is 6.80. The molecular formula is C15H13N3O3. The van der Waals surface area contributed by atoms with Crippen LogP contribution in [0.4, 0.5) is 0 Å². The third-order valence-electron chi connectivity index (χ3n) is 3.89. The molecule has 0 atom stereocenters. The molecule has 0 aliphatic heterocycles. The lowest BCUT2D eigenvalue weighted by Gasteiger charge is -2.03.